The lowest BCUT2D eigenvalue weighted by Crippen LogP contribution is -2.55. The minimum atomic E-state index is 0.0943. The summed E-state index contributed by atoms with van der Waals surface area (Å²) in [6, 6.07) is 8.47. The molecule has 1 atom stereocenters. The molecule has 0 aliphatic heterocycles. The first-order valence-electron chi connectivity index (χ1n) is 5.97. The second kappa shape index (κ2) is 5.85. The third-order valence-corrected chi connectivity index (χ3v) is 3.92. The fourth-order valence-electron chi connectivity index (χ4n) is 1.92. The van der Waals surface area contributed by atoms with E-state index in [-0.39, 0.29) is 5.54 Å². The van der Waals surface area contributed by atoms with Gasteiger partial charge in [-0.25, -0.2) is 0 Å². The lowest BCUT2D eigenvalue weighted by atomic mass is 9.88. The highest BCUT2D eigenvalue weighted by atomic mass is 35.5. The van der Waals surface area contributed by atoms with Gasteiger partial charge >= 0.3 is 0 Å². The number of hydrogen-bond acceptors (Lipinski definition) is 2. The van der Waals surface area contributed by atoms with Gasteiger partial charge in [0.1, 0.15) is 0 Å². The molecule has 2 nitrogen and oxygen atoms in total. The molecule has 0 bridgehead atoms. The van der Waals surface area contributed by atoms with Crippen LogP contribution in [0.15, 0.2) is 24.3 Å². The molecule has 0 saturated heterocycles. The molecule has 0 aromatic heterocycles. The average molecular weight is 255 g/mol. The van der Waals surface area contributed by atoms with Gasteiger partial charge in [-0.05, 0) is 59.1 Å². The normalized spacial score (nSPS) is 14.1. The molecule has 0 aliphatic rings. The molecular formula is C14H23ClN2. The van der Waals surface area contributed by atoms with Gasteiger partial charge in [-0.2, -0.15) is 0 Å². The minimum absolute atomic E-state index is 0.0943. The number of nitrogens with zero attached hydrogens (tertiary/aromatic N) is 1. The zero-order chi connectivity index (χ0) is 13.1. The smallest absolute Gasteiger partial charge is 0.0408 e. The second-order valence-electron chi connectivity index (χ2n) is 5.22. The maximum absolute atomic E-state index is 6.02. The Kier molecular flexibility index (Phi) is 4.99. The Hall–Kier alpha value is -0.570. The van der Waals surface area contributed by atoms with E-state index in [2.05, 4.69) is 44.2 Å². The van der Waals surface area contributed by atoms with Gasteiger partial charge in [-0.3, -0.25) is 0 Å². The van der Waals surface area contributed by atoms with Crippen LogP contribution in [-0.2, 0) is 6.42 Å². The Morgan fingerprint density at radius 1 is 1.35 bits per heavy atom. The van der Waals surface area contributed by atoms with Crippen LogP contribution in [0.3, 0.4) is 0 Å². The summed E-state index contributed by atoms with van der Waals surface area (Å²) in [4.78, 5) is 2.25. The summed E-state index contributed by atoms with van der Waals surface area (Å²) >= 11 is 6.02. The summed E-state index contributed by atoms with van der Waals surface area (Å²) in [7, 11) is 6.24. The molecule has 0 saturated carbocycles. The molecule has 0 radical (unpaired) electrons. The van der Waals surface area contributed by atoms with Crippen molar-refractivity contribution >= 4 is 11.6 Å². The van der Waals surface area contributed by atoms with E-state index in [0.29, 0.717) is 6.04 Å². The Labute approximate surface area is 110 Å². The van der Waals surface area contributed by atoms with Gasteiger partial charge in [0.25, 0.3) is 0 Å². The standard InChI is InChI=1S/C14H23ClN2/c1-14(2,17(4)5)13(16-3)10-11-7-6-8-12(15)9-11/h6-9,13,16H,10H2,1-5H3. The molecular weight excluding hydrogens is 232 g/mol. The van der Waals surface area contributed by atoms with Crippen molar-refractivity contribution < 1.29 is 0 Å². The van der Waals surface area contributed by atoms with Crippen molar-refractivity contribution in [2.45, 2.75) is 31.8 Å². The van der Waals surface area contributed by atoms with Gasteiger partial charge in [0.05, 0.1) is 0 Å². The average Bonchev–Trinajstić information content (AvgIpc) is 2.25. The molecule has 0 heterocycles. The van der Waals surface area contributed by atoms with Gasteiger partial charge in [0, 0.05) is 16.6 Å². The maximum atomic E-state index is 6.02. The molecule has 1 aromatic rings. The summed E-state index contributed by atoms with van der Waals surface area (Å²) in [5, 5.41) is 4.21. The highest BCUT2D eigenvalue weighted by molar-refractivity contribution is 6.30. The fraction of sp³-hybridized carbons (Fsp3) is 0.571. The van der Waals surface area contributed by atoms with Crippen molar-refractivity contribution in [3.05, 3.63) is 34.9 Å². The van der Waals surface area contributed by atoms with Gasteiger partial charge in [0.2, 0.25) is 0 Å². The van der Waals surface area contributed by atoms with E-state index in [4.69, 9.17) is 11.6 Å². The number of halogens is 1. The molecule has 1 rings (SSSR count). The van der Waals surface area contributed by atoms with Gasteiger partial charge in [-0.1, -0.05) is 23.7 Å². The molecule has 3 heteroatoms. The predicted molar refractivity (Wildman–Crippen MR) is 75.8 cm³/mol. The SMILES string of the molecule is CNC(Cc1cccc(Cl)c1)C(C)(C)N(C)C. The minimum Gasteiger partial charge on any atom is -0.315 e. The van der Waals surface area contributed by atoms with E-state index in [0.717, 1.165) is 11.4 Å². The molecule has 96 valence electrons. The van der Waals surface area contributed by atoms with Crippen molar-refractivity contribution in [1.29, 1.82) is 0 Å². The first-order valence-corrected chi connectivity index (χ1v) is 6.35. The van der Waals surface area contributed by atoms with Crippen molar-refractivity contribution in [2.75, 3.05) is 21.1 Å². The van der Waals surface area contributed by atoms with Gasteiger partial charge in [-0.15, -0.1) is 0 Å². The van der Waals surface area contributed by atoms with Crippen LogP contribution < -0.4 is 5.32 Å². The summed E-state index contributed by atoms with van der Waals surface area (Å²) in [5.41, 5.74) is 1.36. The zero-order valence-corrected chi connectivity index (χ0v) is 12.2. The van der Waals surface area contributed by atoms with Gasteiger partial charge < -0.3 is 10.2 Å². The number of likely N-dealkylation sites (N-methyl/N-ethyl adjacent to an activating group) is 2. The number of benzene rings is 1. The Balaban J connectivity index is 2.84. The van der Waals surface area contributed by atoms with Crippen LogP contribution in [0, 0.1) is 0 Å². The van der Waals surface area contributed by atoms with E-state index in [9.17, 15) is 0 Å². The molecule has 1 aromatic carbocycles. The first kappa shape index (κ1) is 14.5. The van der Waals surface area contributed by atoms with E-state index in [1.807, 2.05) is 25.2 Å². The highest BCUT2D eigenvalue weighted by Gasteiger charge is 2.30. The third kappa shape index (κ3) is 3.70. The highest BCUT2D eigenvalue weighted by Crippen LogP contribution is 2.20. The summed E-state index contributed by atoms with van der Waals surface area (Å²) in [6.07, 6.45) is 0.974. The van der Waals surface area contributed by atoms with E-state index < -0.39 is 0 Å². The van der Waals surface area contributed by atoms with Crippen molar-refractivity contribution in [3.63, 3.8) is 0 Å². The quantitative estimate of drug-likeness (QED) is 0.869. The summed E-state index contributed by atoms with van der Waals surface area (Å²) in [6.45, 7) is 4.50. The van der Waals surface area contributed by atoms with Crippen LogP contribution in [-0.4, -0.2) is 37.6 Å². The van der Waals surface area contributed by atoms with Crippen LogP contribution in [0.2, 0.25) is 5.02 Å². The Morgan fingerprint density at radius 3 is 2.47 bits per heavy atom. The first-order chi connectivity index (χ1) is 7.87. The summed E-state index contributed by atoms with van der Waals surface area (Å²) < 4.78 is 0. The van der Waals surface area contributed by atoms with Crippen LogP contribution in [0.1, 0.15) is 19.4 Å². The number of hydrogen-bond donors (Lipinski definition) is 1. The third-order valence-electron chi connectivity index (χ3n) is 3.68. The molecule has 1 unspecified atom stereocenters. The van der Waals surface area contributed by atoms with E-state index in [1.165, 1.54) is 5.56 Å². The molecule has 0 spiro atoms. The Morgan fingerprint density at radius 2 is 2.00 bits per heavy atom. The van der Waals surface area contributed by atoms with Crippen LogP contribution in [0.25, 0.3) is 0 Å². The molecule has 0 fully saturated rings. The second-order valence-corrected chi connectivity index (χ2v) is 5.66. The fourth-order valence-corrected chi connectivity index (χ4v) is 2.13. The largest absolute Gasteiger partial charge is 0.315 e. The zero-order valence-electron chi connectivity index (χ0n) is 11.4. The maximum Gasteiger partial charge on any atom is 0.0408 e. The van der Waals surface area contributed by atoms with Crippen LogP contribution in [0.5, 0.6) is 0 Å². The van der Waals surface area contributed by atoms with E-state index in [1.54, 1.807) is 0 Å². The van der Waals surface area contributed by atoms with E-state index >= 15 is 0 Å². The van der Waals surface area contributed by atoms with Crippen LogP contribution >= 0.6 is 11.6 Å². The summed E-state index contributed by atoms with van der Waals surface area (Å²) in [5.74, 6) is 0. The number of nitrogens with one attached hydrogen (secondary N) is 1. The van der Waals surface area contributed by atoms with Crippen molar-refractivity contribution in [2.24, 2.45) is 0 Å². The topological polar surface area (TPSA) is 15.3 Å². The lowest BCUT2D eigenvalue weighted by molar-refractivity contribution is 0.141. The van der Waals surface area contributed by atoms with Crippen LogP contribution in [0.4, 0.5) is 0 Å². The number of rotatable bonds is 5. The van der Waals surface area contributed by atoms with Gasteiger partial charge in [0.15, 0.2) is 0 Å². The molecule has 0 aliphatic carbocycles. The molecule has 0 amide bonds. The predicted octanol–water partition coefficient (Wildman–Crippen LogP) is 2.81. The monoisotopic (exact) mass is 254 g/mol. The molecule has 17 heavy (non-hydrogen) atoms. The Bertz CT molecular complexity index is 361. The van der Waals surface area contributed by atoms with Crippen molar-refractivity contribution in [1.82, 2.24) is 10.2 Å². The van der Waals surface area contributed by atoms with Crippen molar-refractivity contribution in [3.8, 4) is 0 Å². The lowest BCUT2D eigenvalue weighted by Gasteiger charge is -2.40. The molecule has 1 N–H and O–H groups in total.